The van der Waals surface area contributed by atoms with Crippen LogP contribution in [0, 0.1) is 5.82 Å². The summed E-state index contributed by atoms with van der Waals surface area (Å²) in [6.07, 6.45) is 3.64. The highest BCUT2D eigenvalue weighted by atomic mass is 32.2. The maximum atomic E-state index is 13.7. The van der Waals surface area contributed by atoms with Gasteiger partial charge in [0.1, 0.15) is 5.82 Å². The van der Waals surface area contributed by atoms with E-state index in [-0.39, 0.29) is 18.1 Å². The SMILES string of the molecule is NC(=O)c1ccc(N2CCCCC2)c(NC(=O)CCSc2ccccc2F)c1. The van der Waals surface area contributed by atoms with Gasteiger partial charge in [-0.3, -0.25) is 9.59 Å². The fraction of sp³-hybridized carbons (Fsp3) is 0.333. The van der Waals surface area contributed by atoms with Gasteiger partial charge in [0, 0.05) is 35.7 Å². The highest BCUT2D eigenvalue weighted by molar-refractivity contribution is 7.99. The zero-order chi connectivity index (χ0) is 19.9. The topological polar surface area (TPSA) is 75.4 Å². The van der Waals surface area contributed by atoms with Crippen LogP contribution in [0.2, 0.25) is 0 Å². The molecule has 1 heterocycles. The lowest BCUT2D eigenvalue weighted by molar-refractivity contribution is -0.115. The van der Waals surface area contributed by atoms with Crippen LogP contribution in [0.5, 0.6) is 0 Å². The third-order valence-electron chi connectivity index (χ3n) is 4.68. The number of nitrogens with two attached hydrogens (primary N) is 1. The number of nitrogens with zero attached hydrogens (tertiary/aromatic N) is 1. The van der Waals surface area contributed by atoms with E-state index in [1.165, 1.54) is 24.2 Å². The summed E-state index contributed by atoms with van der Waals surface area (Å²) in [5, 5.41) is 2.91. The molecule has 0 radical (unpaired) electrons. The zero-order valence-electron chi connectivity index (χ0n) is 15.6. The van der Waals surface area contributed by atoms with E-state index in [0.29, 0.717) is 21.9 Å². The second-order valence-corrected chi connectivity index (χ2v) is 7.86. The number of hydrogen-bond acceptors (Lipinski definition) is 4. The average molecular weight is 402 g/mol. The minimum absolute atomic E-state index is 0.177. The molecule has 28 heavy (non-hydrogen) atoms. The number of thioether (sulfide) groups is 1. The molecule has 0 unspecified atom stereocenters. The standard InChI is InChI=1S/C21H24FN3O2S/c22-16-6-2-3-7-19(16)28-13-10-20(26)24-17-14-15(21(23)27)8-9-18(17)25-11-4-1-5-12-25/h2-3,6-9,14H,1,4-5,10-13H2,(H2,23,27)(H,24,26). The summed E-state index contributed by atoms with van der Waals surface area (Å²) in [5.41, 5.74) is 7.25. The Morgan fingerprint density at radius 3 is 2.57 bits per heavy atom. The van der Waals surface area contributed by atoms with Crippen molar-refractivity contribution in [3.05, 3.63) is 53.8 Å². The lowest BCUT2D eigenvalue weighted by atomic mass is 10.1. The molecule has 0 aromatic heterocycles. The van der Waals surface area contributed by atoms with Gasteiger partial charge in [-0.25, -0.2) is 4.39 Å². The molecule has 0 spiro atoms. The second kappa shape index (κ2) is 9.59. The van der Waals surface area contributed by atoms with Crippen LogP contribution in [0.4, 0.5) is 15.8 Å². The molecule has 0 atom stereocenters. The van der Waals surface area contributed by atoms with E-state index >= 15 is 0 Å². The molecule has 148 valence electrons. The Kier molecular flexibility index (Phi) is 6.92. The van der Waals surface area contributed by atoms with Gasteiger partial charge < -0.3 is 16.0 Å². The molecule has 1 aliphatic rings. The van der Waals surface area contributed by atoms with Crippen molar-refractivity contribution in [3.8, 4) is 0 Å². The summed E-state index contributed by atoms with van der Waals surface area (Å²) < 4.78 is 13.7. The third-order valence-corrected chi connectivity index (χ3v) is 5.73. The van der Waals surface area contributed by atoms with Gasteiger partial charge in [-0.05, 0) is 49.6 Å². The molecular formula is C21H24FN3O2S. The number of carbonyl (C=O) groups is 2. The van der Waals surface area contributed by atoms with E-state index in [9.17, 15) is 14.0 Å². The van der Waals surface area contributed by atoms with Gasteiger partial charge in [-0.1, -0.05) is 12.1 Å². The zero-order valence-corrected chi connectivity index (χ0v) is 16.4. The van der Waals surface area contributed by atoms with Crippen molar-refractivity contribution in [2.24, 2.45) is 5.73 Å². The normalized spacial score (nSPS) is 14.0. The van der Waals surface area contributed by atoms with E-state index in [1.54, 1.807) is 30.3 Å². The molecule has 1 fully saturated rings. The first-order valence-corrected chi connectivity index (χ1v) is 10.4. The molecular weight excluding hydrogens is 377 g/mol. The molecule has 1 aliphatic heterocycles. The number of anilines is 2. The Bertz CT molecular complexity index is 853. The monoisotopic (exact) mass is 401 g/mol. The van der Waals surface area contributed by atoms with Crippen LogP contribution in [0.3, 0.4) is 0 Å². The molecule has 2 aromatic carbocycles. The molecule has 3 N–H and O–H groups in total. The van der Waals surface area contributed by atoms with Gasteiger partial charge in [0.2, 0.25) is 11.8 Å². The quantitative estimate of drug-likeness (QED) is 0.687. The van der Waals surface area contributed by atoms with Crippen molar-refractivity contribution in [2.45, 2.75) is 30.6 Å². The smallest absolute Gasteiger partial charge is 0.248 e. The maximum Gasteiger partial charge on any atom is 0.248 e. The van der Waals surface area contributed by atoms with Crippen molar-refractivity contribution < 1.29 is 14.0 Å². The number of halogens is 1. The van der Waals surface area contributed by atoms with Crippen LogP contribution in [0.15, 0.2) is 47.4 Å². The van der Waals surface area contributed by atoms with Gasteiger partial charge in [0.05, 0.1) is 11.4 Å². The molecule has 5 nitrogen and oxygen atoms in total. The number of amides is 2. The van der Waals surface area contributed by atoms with Gasteiger partial charge in [0.25, 0.3) is 0 Å². The fourth-order valence-electron chi connectivity index (χ4n) is 3.23. The first kappa shape index (κ1) is 20.2. The lowest BCUT2D eigenvalue weighted by Gasteiger charge is -2.30. The third kappa shape index (κ3) is 5.25. The number of rotatable bonds is 7. The summed E-state index contributed by atoms with van der Waals surface area (Å²) >= 11 is 1.31. The molecule has 0 saturated carbocycles. The average Bonchev–Trinajstić information content (AvgIpc) is 2.70. The summed E-state index contributed by atoms with van der Waals surface area (Å²) in [6.45, 7) is 1.84. The van der Waals surface area contributed by atoms with E-state index in [1.807, 2.05) is 6.07 Å². The number of piperidine rings is 1. The predicted octanol–water partition coefficient (Wildman–Crippen LogP) is 4.04. The molecule has 7 heteroatoms. The summed E-state index contributed by atoms with van der Waals surface area (Å²) in [4.78, 5) is 26.7. The molecule has 0 aliphatic carbocycles. The molecule has 0 bridgehead atoms. The van der Waals surface area contributed by atoms with Gasteiger partial charge in [-0.2, -0.15) is 0 Å². The van der Waals surface area contributed by atoms with Crippen LogP contribution >= 0.6 is 11.8 Å². The molecule has 2 amide bonds. The van der Waals surface area contributed by atoms with Crippen LogP contribution < -0.4 is 16.0 Å². The van der Waals surface area contributed by atoms with Gasteiger partial charge in [0.15, 0.2) is 0 Å². The first-order chi connectivity index (χ1) is 13.5. The van der Waals surface area contributed by atoms with Gasteiger partial charge >= 0.3 is 0 Å². The molecule has 2 aromatic rings. The number of primary amides is 1. The Morgan fingerprint density at radius 2 is 1.86 bits per heavy atom. The first-order valence-electron chi connectivity index (χ1n) is 9.40. The largest absolute Gasteiger partial charge is 0.370 e. The number of hydrogen-bond donors (Lipinski definition) is 2. The van der Waals surface area contributed by atoms with E-state index < -0.39 is 5.91 Å². The number of benzene rings is 2. The van der Waals surface area contributed by atoms with Crippen molar-refractivity contribution in [2.75, 3.05) is 29.1 Å². The Hall–Kier alpha value is -2.54. The second-order valence-electron chi connectivity index (χ2n) is 6.72. The Balaban J connectivity index is 1.66. The minimum Gasteiger partial charge on any atom is -0.370 e. The van der Waals surface area contributed by atoms with Crippen LogP contribution in [-0.4, -0.2) is 30.7 Å². The molecule has 1 saturated heterocycles. The number of carbonyl (C=O) groups excluding carboxylic acids is 2. The Morgan fingerprint density at radius 1 is 1.11 bits per heavy atom. The van der Waals surface area contributed by atoms with Crippen LogP contribution in [0.1, 0.15) is 36.0 Å². The summed E-state index contributed by atoms with van der Waals surface area (Å²) in [5.74, 6) is -0.532. The minimum atomic E-state index is -0.532. The van der Waals surface area contributed by atoms with Crippen LogP contribution in [0.25, 0.3) is 0 Å². The van der Waals surface area contributed by atoms with Crippen molar-refractivity contribution in [1.82, 2.24) is 0 Å². The van der Waals surface area contributed by atoms with E-state index in [2.05, 4.69) is 10.2 Å². The number of nitrogens with one attached hydrogen (secondary N) is 1. The van der Waals surface area contributed by atoms with Crippen molar-refractivity contribution in [1.29, 1.82) is 0 Å². The fourth-order valence-corrected chi connectivity index (χ4v) is 4.12. The highest BCUT2D eigenvalue weighted by Crippen LogP contribution is 2.30. The Labute approximate surface area is 168 Å². The van der Waals surface area contributed by atoms with Crippen molar-refractivity contribution >= 4 is 35.0 Å². The maximum absolute atomic E-state index is 13.7. The highest BCUT2D eigenvalue weighted by Gasteiger charge is 2.17. The van der Waals surface area contributed by atoms with Crippen molar-refractivity contribution in [3.63, 3.8) is 0 Å². The summed E-state index contributed by atoms with van der Waals surface area (Å²) in [6, 6.07) is 11.7. The molecule has 3 rings (SSSR count). The predicted molar refractivity (Wildman–Crippen MR) is 111 cm³/mol. The van der Waals surface area contributed by atoms with E-state index in [4.69, 9.17) is 5.73 Å². The van der Waals surface area contributed by atoms with Crippen LogP contribution in [-0.2, 0) is 4.79 Å². The van der Waals surface area contributed by atoms with Gasteiger partial charge in [-0.15, -0.1) is 11.8 Å². The summed E-state index contributed by atoms with van der Waals surface area (Å²) in [7, 11) is 0. The lowest BCUT2D eigenvalue weighted by Crippen LogP contribution is -2.30. The van der Waals surface area contributed by atoms with E-state index in [0.717, 1.165) is 31.6 Å².